The number of methoxy groups -OCH3 is 1. The van der Waals surface area contributed by atoms with Gasteiger partial charge in [-0.2, -0.15) is 11.8 Å². The molecule has 7 amide bonds. The van der Waals surface area contributed by atoms with E-state index in [0.29, 0.717) is 12.0 Å². The molecule has 1 fully saturated rings. The summed E-state index contributed by atoms with van der Waals surface area (Å²) in [7, 11) is 2.84. The summed E-state index contributed by atoms with van der Waals surface area (Å²) in [5, 5.41) is 45.2. The number of hydrogen-bond acceptors (Lipinski definition) is 14. The molecule has 1 saturated heterocycles. The first-order valence-corrected chi connectivity index (χ1v) is 26.8. The van der Waals surface area contributed by atoms with Crippen molar-refractivity contribution in [2.24, 2.45) is 45.9 Å². The number of aliphatic carboxylic acids is 3. The quantitative estimate of drug-likeness (QED) is 0.0343. The van der Waals surface area contributed by atoms with Crippen molar-refractivity contribution in [2.75, 3.05) is 32.2 Å². The number of benzene rings is 1. The average molecular weight is 1120 g/mol. The van der Waals surface area contributed by atoms with Crippen LogP contribution in [0.25, 0.3) is 0 Å². The van der Waals surface area contributed by atoms with Crippen LogP contribution in [0.3, 0.4) is 0 Å². The van der Waals surface area contributed by atoms with E-state index in [4.69, 9.17) is 21.9 Å². The van der Waals surface area contributed by atoms with Crippen LogP contribution in [0.15, 0.2) is 59.1 Å². The van der Waals surface area contributed by atoms with E-state index >= 15 is 0 Å². The van der Waals surface area contributed by atoms with E-state index in [-0.39, 0.29) is 61.2 Å². The van der Waals surface area contributed by atoms with Crippen LogP contribution in [0.2, 0.25) is 0 Å². The number of carbonyl (C=O) groups excluding carboxylic acids is 7. The molecule has 0 aliphatic carbocycles. The molecule has 1 aliphatic heterocycles. The number of amides is 7. The second-order valence-corrected chi connectivity index (χ2v) is 21.0. The molecule has 25 nitrogen and oxygen atoms in total. The summed E-state index contributed by atoms with van der Waals surface area (Å²) in [6, 6.07) is -2.12. The van der Waals surface area contributed by atoms with Crippen molar-refractivity contribution < 1.29 is 68.0 Å². The highest BCUT2D eigenvalue weighted by atomic mass is 32.2. The van der Waals surface area contributed by atoms with Gasteiger partial charge in [-0.05, 0) is 57.4 Å². The Morgan fingerprint density at radius 2 is 1.44 bits per heavy atom. The van der Waals surface area contributed by atoms with Crippen LogP contribution in [0, 0.1) is 23.7 Å². The topological polar surface area (TPSA) is 406 Å². The summed E-state index contributed by atoms with van der Waals surface area (Å²) >= 11 is 0.909. The van der Waals surface area contributed by atoms with Gasteiger partial charge in [0.2, 0.25) is 41.4 Å². The second kappa shape index (κ2) is 33.3. The summed E-state index contributed by atoms with van der Waals surface area (Å²) in [6.45, 7) is 11.1. The van der Waals surface area contributed by atoms with Gasteiger partial charge in [0.15, 0.2) is 5.96 Å². The van der Waals surface area contributed by atoms with E-state index in [1.54, 1.807) is 34.0 Å². The van der Waals surface area contributed by atoms with Gasteiger partial charge < -0.3 is 74.1 Å². The SMILES string of the molecule is CO[C@@H](Cc1ccccc1)[C@@H](C)C=C(C)C=C[C@@H]1NC(=O)[C@H](CCCN=C(N)N)NC(=O)[C@@H](C)[C@H](C(=O)O)NC(=O)[C@H](CC(C)C)NC(=O)[C@@H](C)NC(=O)[C@H](CSC[C@H](N)C(=O)O)N(C)C(=O)CC[C@H](C(=O)O)NC(=O)[C@H]1C. The van der Waals surface area contributed by atoms with Gasteiger partial charge in [-0.15, -0.1) is 0 Å². The van der Waals surface area contributed by atoms with Crippen molar-refractivity contribution in [3.63, 3.8) is 0 Å². The monoisotopic (exact) mass is 1120 g/mol. The van der Waals surface area contributed by atoms with Gasteiger partial charge >= 0.3 is 17.9 Å². The molecular formula is C52H81N11O14S. The molecule has 26 heteroatoms. The zero-order valence-corrected chi connectivity index (χ0v) is 46.7. The number of guanidine groups is 1. The molecule has 0 radical (unpaired) electrons. The molecule has 78 heavy (non-hydrogen) atoms. The third-order valence-corrected chi connectivity index (χ3v) is 14.1. The van der Waals surface area contributed by atoms with Crippen molar-refractivity contribution in [3.8, 4) is 0 Å². The Labute approximate surface area is 459 Å². The van der Waals surface area contributed by atoms with Crippen LogP contribution in [0.5, 0.6) is 0 Å². The van der Waals surface area contributed by atoms with Gasteiger partial charge in [0.05, 0.1) is 24.0 Å². The maximum Gasteiger partial charge on any atom is 0.327 e. The molecule has 1 aliphatic rings. The minimum absolute atomic E-state index is 0.00362. The Morgan fingerprint density at radius 3 is 2.01 bits per heavy atom. The first-order chi connectivity index (χ1) is 36.6. The van der Waals surface area contributed by atoms with Gasteiger partial charge in [0.1, 0.15) is 42.3 Å². The molecule has 0 unspecified atom stereocenters. The molecule has 0 spiro atoms. The highest BCUT2D eigenvalue weighted by molar-refractivity contribution is 7.99. The summed E-state index contributed by atoms with van der Waals surface area (Å²) in [6.07, 6.45) is 4.34. The highest BCUT2D eigenvalue weighted by Gasteiger charge is 2.38. The van der Waals surface area contributed by atoms with E-state index in [2.05, 4.69) is 36.9 Å². The van der Waals surface area contributed by atoms with Gasteiger partial charge in [0, 0.05) is 44.5 Å². The molecule has 15 N–H and O–H groups in total. The number of likely N-dealkylation sites (N-methyl/N-ethyl adjacent to an activating group) is 1. The van der Waals surface area contributed by atoms with E-state index in [0.717, 1.165) is 22.2 Å². The average Bonchev–Trinajstić information content (AvgIpc) is 3.37. The fourth-order valence-corrected chi connectivity index (χ4v) is 9.24. The summed E-state index contributed by atoms with van der Waals surface area (Å²) in [5.41, 5.74) is 18.5. The molecule has 0 aromatic heterocycles. The smallest absolute Gasteiger partial charge is 0.327 e. The van der Waals surface area contributed by atoms with Crippen LogP contribution in [-0.2, 0) is 59.1 Å². The standard InChI is InChI=1S/C52H81N11O14S/c1-27(2)22-38-47(69)62-42(51(75)76)31(6)44(66)59-36(16-13-21-56-52(54)55)46(68)58-35(18-17-28(3)23-29(4)40(77-9)24-33-14-11-10-12-15-33)30(5)43(65)60-37(50(73)74)19-20-41(64)63(8)39(26-78-25-34(53)49(71)72)48(70)57-32(7)45(67)61-38/h10-12,14-15,17-18,23,27,29-32,34-40,42H,13,16,19-22,24-26,53H2,1-9H3,(H,57,70)(H,58,68)(H,59,66)(H,60,65)(H,61,67)(H,62,69)(H,71,72)(H,73,74)(H,75,76)(H4,54,55,56)/t29-,30-,31-,32+,34-,35-,36-,37+,38-,39-,40-,42+/m0/s1. The number of carbonyl (C=O) groups is 10. The number of carboxylic acid groups (broad SMARTS) is 3. The fraction of sp³-hybridized carbons (Fsp3) is 0.596. The third kappa shape index (κ3) is 22.9. The van der Waals surface area contributed by atoms with E-state index in [1.807, 2.05) is 43.3 Å². The number of allylic oxidation sites excluding steroid dienone is 2. The maximum atomic E-state index is 14.5. The molecule has 1 aromatic carbocycles. The lowest BCUT2D eigenvalue weighted by Gasteiger charge is -2.30. The molecule has 1 heterocycles. The molecule has 434 valence electrons. The van der Waals surface area contributed by atoms with Crippen LogP contribution in [0.1, 0.15) is 86.1 Å². The number of rotatable bonds is 20. The van der Waals surface area contributed by atoms with Gasteiger partial charge in [-0.3, -0.25) is 43.3 Å². The van der Waals surface area contributed by atoms with Crippen molar-refractivity contribution in [3.05, 3.63) is 59.7 Å². The Morgan fingerprint density at radius 1 is 0.821 bits per heavy atom. The van der Waals surface area contributed by atoms with Gasteiger partial charge in [-0.25, -0.2) is 9.59 Å². The third-order valence-electron chi connectivity index (χ3n) is 13.0. The molecule has 2 rings (SSSR count). The predicted molar refractivity (Wildman–Crippen MR) is 292 cm³/mol. The Kier molecular flexibility index (Phi) is 28.6. The minimum Gasteiger partial charge on any atom is -0.480 e. The number of hydrogen-bond donors (Lipinski definition) is 12. The lowest BCUT2D eigenvalue weighted by Crippen LogP contribution is -2.59. The zero-order chi connectivity index (χ0) is 59.0. The van der Waals surface area contributed by atoms with Crippen molar-refractivity contribution in [1.82, 2.24) is 36.8 Å². The largest absolute Gasteiger partial charge is 0.480 e. The zero-order valence-electron chi connectivity index (χ0n) is 45.9. The lowest BCUT2D eigenvalue weighted by atomic mass is 9.94. The number of nitrogens with one attached hydrogen (secondary N) is 6. The Hall–Kier alpha value is -7.06. The highest BCUT2D eigenvalue weighted by Crippen LogP contribution is 2.19. The molecular weight excluding hydrogens is 1030 g/mol. The first kappa shape index (κ1) is 67.1. The summed E-state index contributed by atoms with van der Waals surface area (Å²) in [5.74, 6) is -14.7. The molecule has 0 bridgehead atoms. The van der Waals surface area contributed by atoms with Crippen molar-refractivity contribution >= 4 is 77.0 Å². The number of ether oxygens (including phenoxy) is 1. The number of thioether (sulfide) groups is 1. The first-order valence-electron chi connectivity index (χ1n) is 25.7. The summed E-state index contributed by atoms with van der Waals surface area (Å²) < 4.78 is 5.82. The number of nitrogens with zero attached hydrogens (tertiary/aromatic N) is 2. The maximum absolute atomic E-state index is 14.5. The summed E-state index contributed by atoms with van der Waals surface area (Å²) in [4.78, 5) is 140. The Bertz CT molecular complexity index is 2330. The van der Waals surface area contributed by atoms with Crippen LogP contribution < -0.4 is 49.1 Å². The minimum atomic E-state index is -1.93. The fourth-order valence-electron chi connectivity index (χ4n) is 8.11. The van der Waals surface area contributed by atoms with E-state index < -0.39 is 132 Å². The normalized spacial score (nSPS) is 25.4. The second-order valence-electron chi connectivity index (χ2n) is 19.9. The van der Waals surface area contributed by atoms with Crippen LogP contribution in [0.4, 0.5) is 0 Å². The van der Waals surface area contributed by atoms with Crippen LogP contribution >= 0.6 is 11.8 Å². The number of nitrogens with two attached hydrogens (primary N) is 3. The molecule has 1 aromatic rings. The molecule has 0 saturated carbocycles. The number of carboxylic acids is 3. The van der Waals surface area contributed by atoms with E-state index in [9.17, 15) is 63.3 Å². The number of aliphatic imine (C=N–C) groups is 1. The van der Waals surface area contributed by atoms with Crippen molar-refractivity contribution in [2.45, 2.75) is 141 Å². The van der Waals surface area contributed by atoms with Crippen molar-refractivity contribution in [1.29, 1.82) is 0 Å². The molecule has 12 atom stereocenters. The Balaban J connectivity index is 2.80. The van der Waals surface area contributed by atoms with Crippen LogP contribution in [-0.4, -0.2) is 172 Å². The van der Waals surface area contributed by atoms with Gasteiger partial charge in [-0.1, -0.05) is 88.8 Å². The van der Waals surface area contributed by atoms with Gasteiger partial charge in [0.25, 0.3) is 0 Å². The predicted octanol–water partition coefficient (Wildman–Crippen LogP) is -0.382. The van der Waals surface area contributed by atoms with E-state index in [1.165, 1.54) is 33.9 Å². The lowest BCUT2D eigenvalue weighted by molar-refractivity contribution is -0.146.